The number of nitrogens with zero attached hydrogens (tertiary/aromatic N) is 1. The molecular weight excluding hydrogens is 256 g/mol. The molecule has 0 saturated carbocycles. The molecule has 0 aromatic carbocycles. The van der Waals surface area contributed by atoms with Gasteiger partial charge in [-0.15, -0.1) is 0 Å². The van der Waals surface area contributed by atoms with Crippen LogP contribution in [-0.2, 0) is 14.4 Å². The summed E-state index contributed by atoms with van der Waals surface area (Å²) in [4.78, 5) is 37.4. The first-order valence-corrected chi connectivity index (χ1v) is 7.34. The molecule has 110 valence electrons. The molecule has 0 bridgehead atoms. The van der Waals surface area contributed by atoms with Crippen molar-refractivity contribution >= 4 is 17.7 Å². The van der Waals surface area contributed by atoms with Crippen molar-refractivity contribution in [2.45, 2.75) is 45.6 Å². The molecular formula is C15H22N2O3. The molecule has 0 aromatic heterocycles. The van der Waals surface area contributed by atoms with Gasteiger partial charge in [-0.25, -0.2) is 0 Å². The Hall–Kier alpha value is -1.65. The second kappa shape index (κ2) is 6.20. The van der Waals surface area contributed by atoms with Gasteiger partial charge in [0.15, 0.2) is 0 Å². The van der Waals surface area contributed by atoms with Crippen molar-refractivity contribution in [1.82, 2.24) is 10.2 Å². The predicted octanol–water partition coefficient (Wildman–Crippen LogP) is 1.24. The zero-order chi connectivity index (χ0) is 14.7. The molecule has 0 aromatic rings. The van der Waals surface area contributed by atoms with Crippen LogP contribution in [0.25, 0.3) is 0 Å². The van der Waals surface area contributed by atoms with Crippen LogP contribution >= 0.6 is 0 Å². The Morgan fingerprint density at radius 1 is 1.30 bits per heavy atom. The van der Waals surface area contributed by atoms with Crippen LogP contribution in [0.5, 0.6) is 0 Å². The molecule has 20 heavy (non-hydrogen) atoms. The maximum absolute atomic E-state index is 12.2. The van der Waals surface area contributed by atoms with E-state index < -0.39 is 0 Å². The highest BCUT2D eigenvalue weighted by atomic mass is 16.2. The van der Waals surface area contributed by atoms with Crippen LogP contribution in [0.4, 0.5) is 0 Å². The number of allylic oxidation sites excluding steroid dienone is 2. The summed E-state index contributed by atoms with van der Waals surface area (Å²) >= 11 is 0. The number of hydrogen-bond donors (Lipinski definition) is 1. The highest BCUT2D eigenvalue weighted by Crippen LogP contribution is 2.34. The van der Waals surface area contributed by atoms with Crippen molar-refractivity contribution < 1.29 is 14.4 Å². The molecule has 5 nitrogen and oxygen atoms in total. The molecule has 1 heterocycles. The van der Waals surface area contributed by atoms with Crippen LogP contribution in [0.2, 0.25) is 0 Å². The van der Waals surface area contributed by atoms with Crippen LogP contribution in [0.3, 0.4) is 0 Å². The van der Waals surface area contributed by atoms with Gasteiger partial charge in [-0.2, -0.15) is 0 Å². The monoisotopic (exact) mass is 278 g/mol. The predicted molar refractivity (Wildman–Crippen MR) is 74.6 cm³/mol. The zero-order valence-corrected chi connectivity index (χ0v) is 12.1. The van der Waals surface area contributed by atoms with Gasteiger partial charge in [-0.3, -0.25) is 19.3 Å². The average Bonchev–Trinajstić information content (AvgIpc) is 2.69. The number of rotatable bonds is 5. The zero-order valence-electron chi connectivity index (χ0n) is 12.1. The van der Waals surface area contributed by atoms with Crippen molar-refractivity contribution in [2.24, 2.45) is 11.8 Å². The number of hydrogen-bond acceptors (Lipinski definition) is 3. The fourth-order valence-corrected chi connectivity index (χ4v) is 2.75. The summed E-state index contributed by atoms with van der Waals surface area (Å²) in [6.45, 7) is 4.13. The lowest BCUT2D eigenvalue weighted by molar-refractivity contribution is -0.140. The maximum Gasteiger partial charge on any atom is 0.233 e. The van der Waals surface area contributed by atoms with E-state index >= 15 is 0 Å². The maximum atomic E-state index is 12.2. The van der Waals surface area contributed by atoms with Gasteiger partial charge < -0.3 is 5.32 Å². The van der Waals surface area contributed by atoms with Crippen LogP contribution in [0, 0.1) is 11.8 Å². The third-order valence-corrected chi connectivity index (χ3v) is 4.18. The van der Waals surface area contributed by atoms with Gasteiger partial charge in [-0.1, -0.05) is 19.1 Å². The molecule has 3 amide bonds. The highest BCUT2D eigenvalue weighted by molar-refractivity contribution is 6.05. The summed E-state index contributed by atoms with van der Waals surface area (Å²) in [5, 5.41) is 2.85. The third-order valence-electron chi connectivity index (χ3n) is 4.18. The summed E-state index contributed by atoms with van der Waals surface area (Å²) < 4.78 is 0. The van der Waals surface area contributed by atoms with E-state index in [1.807, 2.05) is 26.0 Å². The summed E-state index contributed by atoms with van der Waals surface area (Å²) in [6, 6.07) is 0.124. The van der Waals surface area contributed by atoms with E-state index in [-0.39, 0.29) is 48.6 Å². The molecule has 1 aliphatic carbocycles. The molecule has 2 aliphatic rings. The van der Waals surface area contributed by atoms with Gasteiger partial charge in [0.1, 0.15) is 0 Å². The quantitative estimate of drug-likeness (QED) is 0.608. The third kappa shape index (κ3) is 2.92. The van der Waals surface area contributed by atoms with Gasteiger partial charge in [0.2, 0.25) is 17.7 Å². The van der Waals surface area contributed by atoms with Crippen molar-refractivity contribution in [3.05, 3.63) is 12.2 Å². The fourth-order valence-electron chi connectivity index (χ4n) is 2.75. The second-order valence-corrected chi connectivity index (χ2v) is 5.61. The van der Waals surface area contributed by atoms with Gasteiger partial charge in [0, 0.05) is 19.0 Å². The number of fused-ring (bicyclic) bond motifs is 1. The standard InChI is InChI=1S/C15H22N2O3/c1-3-10(2)16-13(18)8-9-17-14(19)11-6-4-5-7-12(11)15(17)20/h4-5,10-12H,3,6-9H2,1-2H3,(H,16,18)/t10-,11+,12+/m1/s1. The van der Waals surface area contributed by atoms with Crippen LogP contribution in [0.15, 0.2) is 12.2 Å². The number of carbonyl (C=O) groups excluding carboxylic acids is 3. The lowest BCUT2D eigenvalue weighted by atomic mass is 9.85. The normalized spacial score (nSPS) is 26.6. The number of imide groups is 1. The minimum absolute atomic E-state index is 0.104. The largest absolute Gasteiger partial charge is 0.354 e. The van der Waals surface area contributed by atoms with E-state index in [1.165, 1.54) is 4.90 Å². The summed E-state index contributed by atoms with van der Waals surface area (Å²) in [5.74, 6) is -0.732. The van der Waals surface area contributed by atoms with Crippen molar-refractivity contribution in [3.8, 4) is 0 Å². The summed E-state index contributed by atoms with van der Waals surface area (Å²) in [7, 11) is 0. The van der Waals surface area contributed by atoms with Crippen LogP contribution in [-0.4, -0.2) is 35.2 Å². The summed E-state index contributed by atoms with van der Waals surface area (Å²) in [5.41, 5.74) is 0. The number of carbonyl (C=O) groups is 3. The number of amides is 3. The molecule has 1 aliphatic heterocycles. The van der Waals surface area contributed by atoms with Crippen molar-refractivity contribution in [1.29, 1.82) is 0 Å². The van der Waals surface area contributed by atoms with Crippen molar-refractivity contribution in [3.63, 3.8) is 0 Å². The highest BCUT2D eigenvalue weighted by Gasteiger charge is 2.46. The Morgan fingerprint density at radius 3 is 2.35 bits per heavy atom. The molecule has 0 radical (unpaired) electrons. The Morgan fingerprint density at radius 2 is 1.85 bits per heavy atom. The Bertz CT molecular complexity index is 418. The molecule has 5 heteroatoms. The Labute approximate surface area is 119 Å². The first-order valence-electron chi connectivity index (χ1n) is 7.34. The first-order chi connectivity index (χ1) is 9.54. The minimum Gasteiger partial charge on any atom is -0.354 e. The molecule has 1 N–H and O–H groups in total. The average molecular weight is 278 g/mol. The van der Waals surface area contributed by atoms with Gasteiger partial charge in [0.25, 0.3) is 0 Å². The fraction of sp³-hybridized carbons (Fsp3) is 0.667. The molecule has 3 atom stereocenters. The van der Waals surface area contributed by atoms with E-state index in [4.69, 9.17) is 0 Å². The number of nitrogens with one attached hydrogen (secondary N) is 1. The second-order valence-electron chi connectivity index (χ2n) is 5.61. The lowest BCUT2D eigenvalue weighted by Crippen LogP contribution is -2.37. The SMILES string of the molecule is CC[C@@H](C)NC(=O)CCN1C(=O)[C@H]2CC=CC[C@@H]2C1=O. The van der Waals surface area contributed by atoms with Crippen LogP contribution in [0.1, 0.15) is 39.5 Å². The molecule has 0 unspecified atom stereocenters. The molecule has 1 fully saturated rings. The molecule has 2 rings (SSSR count). The minimum atomic E-state index is -0.204. The topological polar surface area (TPSA) is 66.5 Å². The smallest absolute Gasteiger partial charge is 0.233 e. The van der Waals surface area contributed by atoms with Gasteiger partial charge >= 0.3 is 0 Å². The van der Waals surface area contributed by atoms with Crippen molar-refractivity contribution in [2.75, 3.05) is 6.54 Å². The van der Waals surface area contributed by atoms with Gasteiger partial charge in [-0.05, 0) is 26.2 Å². The van der Waals surface area contributed by atoms with E-state index in [1.54, 1.807) is 0 Å². The van der Waals surface area contributed by atoms with E-state index in [0.717, 1.165) is 6.42 Å². The molecule has 0 spiro atoms. The Kier molecular flexibility index (Phi) is 4.57. The van der Waals surface area contributed by atoms with E-state index in [2.05, 4.69) is 5.32 Å². The van der Waals surface area contributed by atoms with Gasteiger partial charge in [0.05, 0.1) is 11.8 Å². The first kappa shape index (κ1) is 14.8. The van der Waals surface area contributed by atoms with E-state index in [0.29, 0.717) is 12.8 Å². The number of likely N-dealkylation sites (tertiary alicyclic amines) is 1. The van der Waals surface area contributed by atoms with E-state index in [9.17, 15) is 14.4 Å². The lowest BCUT2D eigenvalue weighted by Gasteiger charge is -2.16. The Balaban J connectivity index is 1.89. The molecule has 1 saturated heterocycles. The van der Waals surface area contributed by atoms with Crippen LogP contribution < -0.4 is 5.32 Å². The summed E-state index contributed by atoms with van der Waals surface area (Å²) in [6.07, 6.45) is 6.27.